The molecule has 0 aliphatic carbocycles. The third-order valence-electron chi connectivity index (χ3n) is 4.03. The van der Waals surface area contributed by atoms with E-state index in [1.807, 2.05) is 25.1 Å². The minimum Gasteiger partial charge on any atom is -0.437 e. The summed E-state index contributed by atoms with van der Waals surface area (Å²) >= 11 is 0. The van der Waals surface area contributed by atoms with Crippen LogP contribution in [0.2, 0.25) is 0 Å². The van der Waals surface area contributed by atoms with Gasteiger partial charge >= 0.3 is 0 Å². The Labute approximate surface area is 120 Å². The molecule has 0 saturated carbocycles. The minimum atomic E-state index is -0.0658. The Bertz CT molecular complexity index is 926. The highest BCUT2D eigenvalue weighted by Gasteiger charge is 2.21. The van der Waals surface area contributed by atoms with Gasteiger partial charge in [-0.25, -0.2) is 0 Å². The fraction of sp³-hybridized carbons (Fsp3) is 0.250. The molecule has 5 heteroatoms. The summed E-state index contributed by atoms with van der Waals surface area (Å²) in [6, 6.07) is 7.44. The molecule has 1 aromatic carbocycles. The molecule has 0 spiro atoms. The van der Waals surface area contributed by atoms with Gasteiger partial charge in [-0.1, -0.05) is 6.07 Å². The lowest BCUT2D eigenvalue weighted by Crippen LogP contribution is -2.25. The summed E-state index contributed by atoms with van der Waals surface area (Å²) in [5.41, 5.74) is 8.43. The zero-order chi connectivity index (χ0) is 14.6. The molecular formula is C16H14N2O3. The van der Waals surface area contributed by atoms with Crippen LogP contribution in [0.4, 0.5) is 5.82 Å². The van der Waals surface area contributed by atoms with Crippen molar-refractivity contribution in [3.8, 4) is 0 Å². The summed E-state index contributed by atoms with van der Waals surface area (Å²) in [4.78, 5) is 16.8. The molecule has 0 atom stereocenters. The largest absolute Gasteiger partial charge is 0.437 e. The Morgan fingerprint density at radius 3 is 2.76 bits per heavy atom. The van der Waals surface area contributed by atoms with E-state index in [1.54, 1.807) is 6.07 Å². The van der Waals surface area contributed by atoms with Crippen LogP contribution in [-0.4, -0.2) is 18.2 Å². The van der Waals surface area contributed by atoms with Crippen LogP contribution in [0.25, 0.3) is 22.1 Å². The zero-order valence-corrected chi connectivity index (χ0v) is 11.6. The summed E-state index contributed by atoms with van der Waals surface area (Å²) in [5, 5.41) is 1.05. The van der Waals surface area contributed by atoms with Crippen LogP contribution in [0.15, 0.2) is 33.5 Å². The number of rotatable bonds is 1. The standard InChI is InChI=1S/C16H14N2O3/c1-8-4-12-14(19)11-5-9(10-6-20-7-10)2-3-13(11)21-16(12)18-15(8)17/h2-5,10H,6-7H2,1H3,(H2,17,18). The lowest BCUT2D eigenvalue weighted by molar-refractivity contribution is 0.00847. The first-order valence-electron chi connectivity index (χ1n) is 6.85. The predicted molar refractivity (Wildman–Crippen MR) is 80.5 cm³/mol. The zero-order valence-electron chi connectivity index (χ0n) is 11.6. The second kappa shape index (κ2) is 4.30. The molecular weight excluding hydrogens is 268 g/mol. The van der Waals surface area contributed by atoms with Crippen molar-refractivity contribution in [1.82, 2.24) is 4.98 Å². The van der Waals surface area contributed by atoms with Gasteiger partial charge in [-0.3, -0.25) is 4.79 Å². The van der Waals surface area contributed by atoms with Crippen molar-refractivity contribution in [2.75, 3.05) is 18.9 Å². The molecule has 106 valence electrons. The molecule has 0 unspecified atom stereocenters. The van der Waals surface area contributed by atoms with Gasteiger partial charge in [0.1, 0.15) is 11.4 Å². The summed E-state index contributed by atoms with van der Waals surface area (Å²) in [5.74, 6) is 0.754. The number of benzene rings is 1. The molecule has 1 aliphatic rings. The van der Waals surface area contributed by atoms with Crippen molar-refractivity contribution in [2.45, 2.75) is 12.8 Å². The van der Waals surface area contributed by atoms with Gasteiger partial charge in [0.05, 0.1) is 24.0 Å². The normalized spacial score (nSPS) is 15.5. The second-order valence-electron chi connectivity index (χ2n) is 5.46. The van der Waals surface area contributed by atoms with Crippen LogP contribution in [-0.2, 0) is 4.74 Å². The van der Waals surface area contributed by atoms with Crippen LogP contribution in [0.5, 0.6) is 0 Å². The number of aryl methyl sites for hydroxylation is 1. The lowest BCUT2D eigenvalue weighted by Gasteiger charge is -2.26. The van der Waals surface area contributed by atoms with Gasteiger partial charge in [0.15, 0.2) is 0 Å². The Morgan fingerprint density at radius 1 is 1.24 bits per heavy atom. The van der Waals surface area contributed by atoms with E-state index < -0.39 is 0 Å². The Balaban J connectivity index is 2.04. The average molecular weight is 282 g/mol. The number of aromatic nitrogens is 1. The van der Waals surface area contributed by atoms with Crippen molar-refractivity contribution in [3.05, 3.63) is 45.6 Å². The molecule has 2 N–H and O–H groups in total. The van der Waals surface area contributed by atoms with E-state index in [9.17, 15) is 4.79 Å². The number of anilines is 1. The Kier molecular flexibility index (Phi) is 2.53. The Hall–Kier alpha value is -2.40. The van der Waals surface area contributed by atoms with Crippen molar-refractivity contribution in [1.29, 1.82) is 0 Å². The minimum absolute atomic E-state index is 0.0658. The summed E-state index contributed by atoms with van der Waals surface area (Å²) in [6.45, 7) is 3.25. The molecule has 2 aromatic heterocycles. The van der Waals surface area contributed by atoms with Crippen molar-refractivity contribution >= 4 is 27.9 Å². The van der Waals surface area contributed by atoms with E-state index in [0.717, 1.165) is 11.1 Å². The van der Waals surface area contributed by atoms with Gasteiger partial charge in [-0.2, -0.15) is 4.98 Å². The molecule has 1 fully saturated rings. The molecule has 21 heavy (non-hydrogen) atoms. The van der Waals surface area contributed by atoms with E-state index >= 15 is 0 Å². The van der Waals surface area contributed by atoms with E-state index in [-0.39, 0.29) is 11.1 Å². The monoisotopic (exact) mass is 282 g/mol. The molecule has 3 aromatic rings. The van der Waals surface area contributed by atoms with E-state index in [1.165, 1.54) is 0 Å². The predicted octanol–water partition coefficient (Wildman–Crippen LogP) is 2.35. The first kappa shape index (κ1) is 12.3. The van der Waals surface area contributed by atoms with Crippen molar-refractivity contribution in [3.63, 3.8) is 0 Å². The van der Waals surface area contributed by atoms with Gasteiger partial charge in [0.2, 0.25) is 11.1 Å². The number of ether oxygens (including phenoxy) is 1. The number of nitrogens with zero attached hydrogens (tertiary/aromatic N) is 1. The van der Waals surface area contributed by atoms with E-state index in [2.05, 4.69) is 4.98 Å². The molecule has 1 saturated heterocycles. The maximum absolute atomic E-state index is 12.7. The first-order chi connectivity index (χ1) is 10.1. The van der Waals surface area contributed by atoms with Gasteiger partial charge in [0, 0.05) is 5.92 Å². The van der Waals surface area contributed by atoms with Gasteiger partial charge < -0.3 is 14.9 Å². The molecule has 5 nitrogen and oxygen atoms in total. The van der Waals surface area contributed by atoms with Crippen LogP contribution in [0.1, 0.15) is 17.0 Å². The number of pyridine rings is 1. The van der Waals surface area contributed by atoms with Crippen LogP contribution in [0.3, 0.4) is 0 Å². The van der Waals surface area contributed by atoms with E-state index in [0.29, 0.717) is 41.3 Å². The summed E-state index contributed by atoms with van der Waals surface area (Å²) in [6.07, 6.45) is 0. The number of nitrogens with two attached hydrogens (primary N) is 1. The van der Waals surface area contributed by atoms with Gasteiger partial charge in [-0.05, 0) is 36.2 Å². The quantitative estimate of drug-likeness (QED) is 0.693. The highest BCUT2D eigenvalue weighted by Crippen LogP contribution is 2.27. The third-order valence-corrected chi connectivity index (χ3v) is 4.03. The smallest absolute Gasteiger partial charge is 0.232 e. The maximum Gasteiger partial charge on any atom is 0.232 e. The van der Waals surface area contributed by atoms with Crippen molar-refractivity contribution in [2.24, 2.45) is 0 Å². The number of fused-ring (bicyclic) bond motifs is 2. The SMILES string of the molecule is Cc1cc2c(=O)c3cc(C4COC4)ccc3oc2nc1N. The third kappa shape index (κ3) is 1.81. The average Bonchev–Trinajstić information content (AvgIpc) is 2.40. The fourth-order valence-electron chi connectivity index (χ4n) is 2.60. The molecule has 0 radical (unpaired) electrons. The second-order valence-corrected chi connectivity index (χ2v) is 5.46. The maximum atomic E-state index is 12.7. The topological polar surface area (TPSA) is 78.3 Å². The van der Waals surface area contributed by atoms with E-state index in [4.69, 9.17) is 14.9 Å². The summed E-state index contributed by atoms with van der Waals surface area (Å²) in [7, 11) is 0. The Morgan fingerprint density at radius 2 is 2.05 bits per heavy atom. The first-order valence-corrected chi connectivity index (χ1v) is 6.85. The van der Waals surface area contributed by atoms with Crippen molar-refractivity contribution < 1.29 is 9.15 Å². The molecule has 0 amide bonds. The highest BCUT2D eigenvalue weighted by molar-refractivity contribution is 5.89. The number of hydrogen-bond acceptors (Lipinski definition) is 5. The molecule has 3 heterocycles. The molecule has 1 aliphatic heterocycles. The lowest BCUT2D eigenvalue weighted by atomic mass is 9.96. The molecule has 0 bridgehead atoms. The van der Waals surface area contributed by atoms with Crippen LogP contribution >= 0.6 is 0 Å². The number of hydrogen-bond donors (Lipinski definition) is 1. The molecule has 4 rings (SSSR count). The van der Waals surface area contributed by atoms with Crippen LogP contribution in [0, 0.1) is 6.92 Å². The highest BCUT2D eigenvalue weighted by atomic mass is 16.5. The van der Waals surface area contributed by atoms with Gasteiger partial charge in [0.25, 0.3) is 0 Å². The summed E-state index contributed by atoms with van der Waals surface area (Å²) < 4.78 is 10.9. The number of nitrogen functional groups attached to an aromatic ring is 1. The fourth-order valence-corrected chi connectivity index (χ4v) is 2.60. The van der Waals surface area contributed by atoms with Gasteiger partial charge in [-0.15, -0.1) is 0 Å². The van der Waals surface area contributed by atoms with Crippen LogP contribution < -0.4 is 11.2 Å².